The van der Waals surface area contributed by atoms with Crippen LogP contribution >= 0.6 is 0 Å². The van der Waals surface area contributed by atoms with Gasteiger partial charge in [-0.15, -0.1) is 0 Å². The maximum Gasteiger partial charge on any atom is 0.253 e. The lowest BCUT2D eigenvalue weighted by molar-refractivity contribution is -0.121. The average molecular weight is 369 g/mol. The average Bonchev–Trinajstić information content (AvgIpc) is 3.11. The van der Waals surface area contributed by atoms with Crippen LogP contribution in [-0.2, 0) is 4.79 Å². The standard InChI is InChI=1S/C20H23N3O4/c1-3-12-26-17-6-4-16(5-7-17)20(25)23-10-8-15(9-11-23)19(24)21-18-13-14(2)27-22-18/h3-7,13,15H,1,8-12H2,2H3,(H,21,22,24). The first-order chi connectivity index (χ1) is 13.1. The molecule has 27 heavy (non-hydrogen) atoms. The van der Waals surface area contributed by atoms with E-state index in [-0.39, 0.29) is 17.7 Å². The summed E-state index contributed by atoms with van der Waals surface area (Å²) < 4.78 is 10.4. The molecule has 0 unspecified atom stereocenters. The molecule has 1 aromatic carbocycles. The predicted molar refractivity (Wildman–Crippen MR) is 101 cm³/mol. The summed E-state index contributed by atoms with van der Waals surface area (Å²) in [5.74, 6) is 1.52. The van der Waals surface area contributed by atoms with Crippen molar-refractivity contribution in [2.45, 2.75) is 19.8 Å². The van der Waals surface area contributed by atoms with E-state index >= 15 is 0 Å². The lowest BCUT2D eigenvalue weighted by atomic mass is 9.95. The van der Waals surface area contributed by atoms with E-state index in [2.05, 4.69) is 17.1 Å². The lowest BCUT2D eigenvalue weighted by Crippen LogP contribution is -2.41. The van der Waals surface area contributed by atoms with Crippen LogP contribution in [0.15, 0.2) is 47.5 Å². The van der Waals surface area contributed by atoms with E-state index in [1.165, 1.54) is 0 Å². The van der Waals surface area contributed by atoms with Crippen LogP contribution in [-0.4, -0.2) is 41.6 Å². The normalized spacial score (nSPS) is 14.6. The van der Waals surface area contributed by atoms with Crippen molar-refractivity contribution in [2.75, 3.05) is 25.0 Å². The van der Waals surface area contributed by atoms with E-state index in [9.17, 15) is 9.59 Å². The summed E-state index contributed by atoms with van der Waals surface area (Å²) in [6, 6.07) is 8.74. The van der Waals surface area contributed by atoms with Crippen LogP contribution in [0.3, 0.4) is 0 Å². The molecule has 7 heteroatoms. The number of hydrogen-bond donors (Lipinski definition) is 1. The highest BCUT2D eigenvalue weighted by Crippen LogP contribution is 2.22. The molecular weight excluding hydrogens is 346 g/mol. The van der Waals surface area contributed by atoms with Crippen molar-refractivity contribution in [1.29, 1.82) is 0 Å². The number of nitrogens with one attached hydrogen (secondary N) is 1. The molecule has 0 saturated carbocycles. The number of piperidine rings is 1. The summed E-state index contributed by atoms with van der Waals surface area (Å²) in [5, 5.41) is 6.53. The largest absolute Gasteiger partial charge is 0.490 e. The number of benzene rings is 1. The van der Waals surface area contributed by atoms with Gasteiger partial charge in [-0.05, 0) is 44.0 Å². The highest BCUT2D eigenvalue weighted by atomic mass is 16.5. The van der Waals surface area contributed by atoms with Gasteiger partial charge in [0, 0.05) is 30.6 Å². The van der Waals surface area contributed by atoms with Crippen molar-refractivity contribution in [3.8, 4) is 5.75 Å². The second kappa shape index (κ2) is 8.53. The molecule has 2 aromatic rings. The number of hydrogen-bond acceptors (Lipinski definition) is 5. The number of carbonyl (C=O) groups is 2. The number of carbonyl (C=O) groups excluding carboxylic acids is 2. The number of rotatable bonds is 6. The van der Waals surface area contributed by atoms with E-state index in [0.29, 0.717) is 55.4 Å². The topological polar surface area (TPSA) is 84.7 Å². The molecule has 2 heterocycles. The zero-order chi connectivity index (χ0) is 19.2. The summed E-state index contributed by atoms with van der Waals surface area (Å²) in [5.41, 5.74) is 0.613. The Morgan fingerprint density at radius 1 is 1.33 bits per heavy atom. The quantitative estimate of drug-likeness (QED) is 0.791. The predicted octanol–water partition coefficient (Wildman–Crippen LogP) is 3.04. The van der Waals surface area contributed by atoms with Gasteiger partial charge in [-0.2, -0.15) is 0 Å². The summed E-state index contributed by atoms with van der Waals surface area (Å²) in [7, 11) is 0. The molecule has 0 aliphatic carbocycles. The Morgan fingerprint density at radius 2 is 2.04 bits per heavy atom. The van der Waals surface area contributed by atoms with Crippen molar-refractivity contribution < 1.29 is 18.8 Å². The van der Waals surface area contributed by atoms with Gasteiger partial charge in [0.15, 0.2) is 5.82 Å². The van der Waals surface area contributed by atoms with E-state index in [1.54, 1.807) is 48.2 Å². The molecule has 2 amide bonds. The van der Waals surface area contributed by atoms with Crippen molar-refractivity contribution >= 4 is 17.6 Å². The fraction of sp³-hybridized carbons (Fsp3) is 0.350. The molecular formula is C20H23N3O4. The molecule has 142 valence electrons. The molecule has 0 bridgehead atoms. The Morgan fingerprint density at radius 3 is 2.63 bits per heavy atom. The minimum Gasteiger partial charge on any atom is -0.490 e. The zero-order valence-electron chi connectivity index (χ0n) is 15.3. The zero-order valence-corrected chi connectivity index (χ0v) is 15.3. The van der Waals surface area contributed by atoms with E-state index < -0.39 is 0 Å². The molecule has 0 atom stereocenters. The van der Waals surface area contributed by atoms with Crippen LogP contribution in [0.1, 0.15) is 29.0 Å². The van der Waals surface area contributed by atoms with Gasteiger partial charge in [0.05, 0.1) is 0 Å². The Labute approximate surface area is 158 Å². The summed E-state index contributed by atoms with van der Waals surface area (Å²) >= 11 is 0. The third-order valence-corrected chi connectivity index (χ3v) is 4.50. The van der Waals surface area contributed by atoms with Crippen LogP contribution in [0.2, 0.25) is 0 Å². The van der Waals surface area contributed by atoms with Gasteiger partial charge in [0.25, 0.3) is 5.91 Å². The molecule has 1 aliphatic heterocycles. The second-order valence-corrected chi connectivity index (χ2v) is 6.50. The summed E-state index contributed by atoms with van der Waals surface area (Å²) in [4.78, 5) is 26.8. The minimum atomic E-state index is -0.138. The van der Waals surface area contributed by atoms with E-state index in [4.69, 9.17) is 9.26 Å². The first-order valence-electron chi connectivity index (χ1n) is 8.94. The van der Waals surface area contributed by atoms with Gasteiger partial charge in [0.2, 0.25) is 5.91 Å². The van der Waals surface area contributed by atoms with Gasteiger partial charge < -0.3 is 19.5 Å². The first-order valence-corrected chi connectivity index (χ1v) is 8.94. The van der Waals surface area contributed by atoms with Crippen molar-refractivity contribution in [3.63, 3.8) is 0 Å². The minimum absolute atomic E-state index is 0.0312. The van der Waals surface area contributed by atoms with Gasteiger partial charge in [-0.1, -0.05) is 17.8 Å². The van der Waals surface area contributed by atoms with Crippen LogP contribution in [0.25, 0.3) is 0 Å². The Hall–Kier alpha value is -3.09. The molecule has 1 fully saturated rings. The SMILES string of the molecule is C=CCOc1ccc(C(=O)N2CCC(C(=O)Nc3cc(C)on3)CC2)cc1. The van der Waals surface area contributed by atoms with Crippen molar-refractivity contribution in [1.82, 2.24) is 10.1 Å². The van der Waals surface area contributed by atoms with Gasteiger partial charge in [0.1, 0.15) is 18.1 Å². The number of likely N-dealkylation sites (tertiary alicyclic amines) is 1. The van der Waals surface area contributed by atoms with Crippen LogP contribution in [0, 0.1) is 12.8 Å². The smallest absolute Gasteiger partial charge is 0.253 e. The summed E-state index contributed by atoms with van der Waals surface area (Å²) in [6.07, 6.45) is 2.91. The monoisotopic (exact) mass is 369 g/mol. The van der Waals surface area contributed by atoms with E-state index in [0.717, 1.165) is 0 Å². The van der Waals surface area contributed by atoms with Crippen molar-refractivity contribution in [3.05, 3.63) is 54.3 Å². The molecule has 1 N–H and O–H groups in total. The van der Waals surface area contributed by atoms with Crippen molar-refractivity contribution in [2.24, 2.45) is 5.92 Å². The number of aryl methyl sites for hydroxylation is 1. The fourth-order valence-corrected chi connectivity index (χ4v) is 3.03. The first kappa shape index (κ1) is 18.7. The Bertz CT molecular complexity index is 805. The number of amides is 2. The molecule has 7 nitrogen and oxygen atoms in total. The maximum atomic E-state index is 12.6. The second-order valence-electron chi connectivity index (χ2n) is 6.50. The summed E-state index contributed by atoms with van der Waals surface area (Å²) in [6.45, 7) is 6.89. The van der Waals surface area contributed by atoms with Crippen LogP contribution in [0.5, 0.6) is 5.75 Å². The lowest BCUT2D eigenvalue weighted by Gasteiger charge is -2.31. The molecule has 1 saturated heterocycles. The number of ether oxygens (including phenoxy) is 1. The molecule has 3 rings (SSSR count). The number of aromatic nitrogens is 1. The highest BCUT2D eigenvalue weighted by Gasteiger charge is 2.28. The molecule has 1 aromatic heterocycles. The third kappa shape index (κ3) is 4.75. The van der Waals surface area contributed by atoms with E-state index in [1.807, 2.05) is 0 Å². The van der Waals surface area contributed by atoms with Gasteiger partial charge in [-0.25, -0.2) is 0 Å². The molecule has 1 aliphatic rings. The highest BCUT2D eigenvalue weighted by molar-refractivity contribution is 5.95. The third-order valence-electron chi connectivity index (χ3n) is 4.50. The van der Waals surface area contributed by atoms with Crippen LogP contribution < -0.4 is 10.1 Å². The van der Waals surface area contributed by atoms with Crippen LogP contribution in [0.4, 0.5) is 5.82 Å². The van der Waals surface area contributed by atoms with Gasteiger partial charge >= 0.3 is 0 Å². The number of nitrogens with zero attached hydrogens (tertiary/aromatic N) is 2. The fourth-order valence-electron chi connectivity index (χ4n) is 3.03. The number of anilines is 1. The maximum absolute atomic E-state index is 12.6. The Balaban J connectivity index is 1.51. The molecule has 0 spiro atoms. The molecule has 0 radical (unpaired) electrons. The Kier molecular flexibility index (Phi) is 5.90. The van der Waals surface area contributed by atoms with Gasteiger partial charge in [-0.3, -0.25) is 9.59 Å².